The van der Waals surface area contributed by atoms with Gasteiger partial charge in [-0.15, -0.1) is 0 Å². The first-order valence-electron chi connectivity index (χ1n) is 11.2. The average molecular weight is 452 g/mol. The van der Waals surface area contributed by atoms with Crippen molar-refractivity contribution in [3.63, 3.8) is 0 Å². The number of nitrogens with one attached hydrogen (secondary N) is 2. The van der Waals surface area contributed by atoms with Crippen LogP contribution in [0.25, 0.3) is 0 Å². The molecule has 33 heavy (non-hydrogen) atoms. The van der Waals surface area contributed by atoms with E-state index < -0.39 is 0 Å². The van der Waals surface area contributed by atoms with Crippen molar-refractivity contribution < 1.29 is 14.3 Å². The maximum absolute atomic E-state index is 12.7. The lowest BCUT2D eigenvalue weighted by Gasteiger charge is -2.31. The fourth-order valence-electron chi connectivity index (χ4n) is 3.80. The van der Waals surface area contributed by atoms with E-state index >= 15 is 0 Å². The smallest absolute Gasteiger partial charge is 0.302 e. The number of anilines is 4. The lowest BCUT2D eigenvalue weighted by molar-refractivity contribution is 0.0997. The van der Waals surface area contributed by atoms with Gasteiger partial charge in [0.25, 0.3) is 5.91 Å². The van der Waals surface area contributed by atoms with Gasteiger partial charge in [-0.1, -0.05) is 25.1 Å². The third-order valence-corrected chi connectivity index (χ3v) is 5.81. The minimum Gasteiger partial charge on any atom is -0.418 e. The standard InChI is InChI=1S/C23H29N7O3/c1-4-18-25-21(28-22(26-18)30-10-8-16(13-31)9-11-30)29-23-24-12-17(33-23)20(32)27-19-14(2)6-5-7-15(19)3/h5-7,12,16,31H,4,8-11,13H2,1-3H3,(H,27,32)(H,24,25,26,28,29). The number of aliphatic hydroxyl groups is 1. The van der Waals surface area contributed by atoms with Gasteiger partial charge >= 0.3 is 6.01 Å². The Morgan fingerprint density at radius 3 is 2.58 bits per heavy atom. The molecule has 0 aliphatic carbocycles. The number of para-hydroxylation sites is 1. The fraction of sp³-hybridized carbons (Fsp3) is 0.435. The highest BCUT2D eigenvalue weighted by molar-refractivity contribution is 6.03. The van der Waals surface area contributed by atoms with Gasteiger partial charge in [-0.05, 0) is 43.7 Å². The Morgan fingerprint density at radius 1 is 1.18 bits per heavy atom. The van der Waals surface area contributed by atoms with E-state index in [4.69, 9.17) is 4.42 Å². The number of piperidine rings is 1. The van der Waals surface area contributed by atoms with E-state index in [1.54, 1.807) is 0 Å². The van der Waals surface area contributed by atoms with E-state index in [0.29, 0.717) is 30.1 Å². The zero-order valence-corrected chi connectivity index (χ0v) is 19.1. The molecule has 4 rings (SSSR count). The maximum Gasteiger partial charge on any atom is 0.302 e. The van der Waals surface area contributed by atoms with Crippen molar-refractivity contribution in [3.05, 3.63) is 47.1 Å². The minimum absolute atomic E-state index is 0.0798. The molecule has 3 N–H and O–H groups in total. The molecule has 1 aliphatic rings. The van der Waals surface area contributed by atoms with Gasteiger partial charge in [0, 0.05) is 31.8 Å². The molecule has 0 bridgehead atoms. The molecule has 0 unspecified atom stereocenters. The van der Waals surface area contributed by atoms with Crippen molar-refractivity contribution in [2.45, 2.75) is 40.0 Å². The van der Waals surface area contributed by atoms with E-state index in [0.717, 1.165) is 42.7 Å². The predicted octanol–water partition coefficient (Wildman–Crippen LogP) is 3.24. The number of hydrogen-bond acceptors (Lipinski definition) is 9. The summed E-state index contributed by atoms with van der Waals surface area (Å²) in [7, 11) is 0. The number of amides is 1. The number of hydrogen-bond donors (Lipinski definition) is 3. The van der Waals surface area contributed by atoms with Gasteiger partial charge in [-0.2, -0.15) is 15.0 Å². The minimum atomic E-state index is -0.384. The molecule has 1 aliphatic heterocycles. The summed E-state index contributed by atoms with van der Waals surface area (Å²) in [6, 6.07) is 5.94. The topological polar surface area (TPSA) is 129 Å². The van der Waals surface area contributed by atoms with Gasteiger partial charge in [0.15, 0.2) is 0 Å². The Morgan fingerprint density at radius 2 is 1.91 bits per heavy atom. The molecule has 1 amide bonds. The van der Waals surface area contributed by atoms with Gasteiger partial charge in [-0.3, -0.25) is 10.1 Å². The van der Waals surface area contributed by atoms with Gasteiger partial charge in [0.1, 0.15) is 5.82 Å². The Hall–Kier alpha value is -3.53. The Balaban J connectivity index is 1.48. The van der Waals surface area contributed by atoms with Crippen LogP contribution in [0.4, 0.5) is 23.6 Å². The van der Waals surface area contributed by atoms with Crippen LogP contribution in [0.3, 0.4) is 0 Å². The Labute approximate surface area is 192 Å². The van der Waals surface area contributed by atoms with E-state index in [1.165, 1.54) is 6.20 Å². The number of oxazole rings is 1. The summed E-state index contributed by atoms with van der Waals surface area (Å²) in [5.41, 5.74) is 2.69. The molecule has 0 spiro atoms. The number of benzene rings is 1. The summed E-state index contributed by atoms with van der Waals surface area (Å²) in [5, 5.41) is 15.2. The van der Waals surface area contributed by atoms with E-state index in [-0.39, 0.29) is 24.3 Å². The van der Waals surface area contributed by atoms with Crippen molar-refractivity contribution in [2.24, 2.45) is 5.92 Å². The predicted molar refractivity (Wildman–Crippen MR) is 125 cm³/mol. The second kappa shape index (κ2) is 9.95. The van der Waals surface area contributed by atoms with Crippen LogP contribution in [0, 0.1) is 19.8 Å². The maximum atomic E-state index is 12.7. The molecule has 10 heteroatoms. The Bertz CT molecular complexity index is 1100. The number of nitrogens with zero attached hydrogens (tertiary/aromatic N) is 5. The second-order valence-corrected chi connectivity index (χ2v) is 8.22. The van der Waals surface area contributed by atoms with Crippen molar-refractivity contribution in [1.29, 1.82) is 0 Å². The van der Waals surface area contributed by atoms with E-state index in [9.17, 15) is 9.90 Å². The molecular formula is C23H29N7O3. The molecule has 0 radical (unpaired) electrons. The highest BCUT2D eigenvalue weighted by atomic mass is 16.4. The van der Waals surface area contributed by atoms with E-state index in [1.807, 2.05) is 39.0 Å². The third-order valence-electron chi connectivity index (χ3n) is 5.81. The largest absolute Gasteiger partial charge is 0.418 e. The van der Waals surface area contributed by atoms with Crippen LogP contribution in [-0.2, 0) is 6.42 Å². The summed E-state index contributed by atoms with van der Waals surface area (Å²) in [6.45, 7) is 7.61. The first-order chi connectivity index (χ1) is 16.0. The molecule has 3 aromatic rings. The molecule has 2 aromatic heterocycles. The number of carbonyl (C=O) groups is 1. The van der Waals surface area contributed by atoms with Crippen LogP contribution in [0.5, 0.6) is 0 Å². The SMILES string of the molecule is CCc1nc(Nc2ncc(C(=O)Nc3c(C)cccc3C)o2)nc(N2CCC(CO)CC2)n1. The number of aliphatic hydroxyl groups excluding tert-OH is 1. The Kier molecular flexibility index (Phi) is 6.83. The summed E-state index contributed by atoms with van der Waals surface area (Å²) in [5.74, 6) is 1.56. The van der Waals surface area contributed by atoms with Gasteiger partial charge in [0.2, 0.25) is 17.7 Å². The second-order valence-electron chi connectivity index (χ2n) is 8.22. The number of rotatable bonds is 7. The van der Waals surface area contributed by atoms with Gasteiger partial charge < -0.3 is 19.7 Å². The fourth-order valence-corrected chi connectivity index (χ4v) is 3.80. The van der Waals surface area contributed by atoms with Crippen molar-refractivity contribution in [3.8, 4) is 0 Å². The van der Waals surface area contributed by atoms with Crippen molar-refractivity contribution in [1.82, 2.24) is 19.9 Å². The monoisotopic (exact) mass is 451 g/mol. The van der Waals surface area contributed by atoms with Crippen LogP contribution >= 0.6 is 0 Å². The van der Waals surface area contributed by atoms with Crippen LogP contribution < -0.4 is 15.5 Å². The zero-order chi connectivity index (χ0) is 23.4. The first-order valence-corrected chi connectivity index (χ1v) is 11.2. The quantitative estimate of drug-likeness (QED) is 0.495. The van der Waals surface area contributed by atoms with Crippen LogP contribution in [0.15, 0.2) is 28.8 Å². The average Bonchev–Trinajstić information content (AvgIpc) is 3.30. The number of aryl methyl sites for hydroxylation is 3. The summed E-state index contributed by atoms with van der Waals surface area (Å²) in [4.78, 5) is 32.4. The van der Waals surface area contributed by atoms with E-state index in [2.05, 4.69) is 35.5 Å². The molecule has 1 aromatic carbocycles. The summed E-state index contributed by atoms with van der Waals surface area (Å²) < 4.78 is 5.61. The molecular weight excluding hydrogens is 422 g/mol. The normalized spacial score (nSPS) is 14.4. The van der Waals surface area contributed by atoms with Crippen LogP contribution in [0.2, 0.25) is 0 Å². The zero-order valence-electron chi connectivity index (χ0n) is 19.1. The van der Waals surface area contributed by atoms with Gasteiger partial charge in [-0.25, -0.2) is 4.98 Å². The van der Waals surface area contributed by atoms with Gasteiger partial charge in [0.05, 0.1) is 6.20 Å². The number of aromatic nitrogens is 4. The molecule has 1 fully saturated rings. The first kappa shape index (κ1) is 22.7. The highest BCUT2D eigenvalue weighted by Gasteiger charge is 2.22. The highest BCUT2D eigenvalue weighted by Crippen LogP contribution is 2.23. The third kappa shape index (κ3) is 5.28. The number of carbonyl (C=O) groups excluding carboxylic acids is 1. The summed E-state index contributed by atoms with van der Waals surface area (Å²) in [6.07, 6.45) is 3.80. The van der Waals surface area contributed by atoms with Crippen molar-refractivity contribution >= 4 is 29.5 Å². The van der Waals surface area contributed by atoms with Crippen LogP contribution in [-0.4, -0.2) is 50.6 Å². The molecule has 174 valence electrons. The van der Waals surface area contributed by atoms with Crippen LogP contribution in [0.1, 0.15) is 47.3 Å². The molecule has 10 nitrogen and oxygen atoms in total. The lowest BCUT2D eigenvalue weighted by atomic mass is 9.98. The molecule has 0 saturated carbocycles. The molecule has 1 saturated heterocycles. The molecule has 0 atom stereocenters. The van der Waals surface area contributed by atoms with Crippen molar-refractivity contribution in [2.75, 3.05) is 35.2 Å². The molecule has 3 heterocycles. The lowest BCUT2D eigenvalue weighted by Crippen LogP contribution is -2.36. The summed E-state index contributed by atoms with van der Waals surface area (Å²) >= 11 is 0.